The largest absolute Gasteiger partial charge is 0.350 e. The van der Waals surface area contributed by atoms with Crippen LogP contribution in [0.1, 0.15) is 28.8 Å². The maximum Gasteiger partial charge on any atom is 0.269 e. The fourth-order valence-corrected chi connectivity index (χ4v) is 2.32. The van der Waals surface area contributed by atoms with Gasteiger partial charge in [0, 0.05) is 24.9 Å². The van der Waals surface area contributed by atoms with Crippen LogP contribution in [-0.4, -0.2) is 27.2 Å². The summed E-state index contributed by atoms with van der Waals surface area (Å²) in [4.78, 5) is 16.1. The van der Waals surface area contributed by atoms with E-state index in [4.69, 9.17) is 0 Å². The highest BCUT2D eigenvalue weighted by Gasteiger charge is 2.12. The van der Waals surface area contributed by atoms with Gasteiger partial charge in [-0.2, -0.15) is 5.10 Å². The van der Waals surface area contributed by atoms with Crippen LogP contribution < -0.4 is 5.32 Å². The van der Waals surface area contributed by atoms with Crippen molar-refractivity contribution >= 4 is 17.2 Å². The molecule has 96 valence electrons. The number of hydrogen-bond donors (Lipinski definition) is 1. The van der Waals surface area contributed by atoms with Crippen LogP contribution in [0.15, 0.2) is 17.0 Å². The molecule has 6 heteroatoms. The van der Waals surface area contributed by atoms with Gasteiger partial charge < -0.3 is 5.32 Å². The molecular formula is C12H16N4OS. The molecule has 1 N–H and O–H groups in total. The minimum Gasteiger partial charge on any atom is -0.350 e. The van der Waals surface area contributed by atoms with Crippen molar-refractivity contribution in [2.75, 3.05) is 6.54 Å². The Labute approximate surface area is 110 Å². The lowest BCUT2D eigenvalue weighted by Crippen LogP contribution is -2.28. The average Bonchev–Trinajstić information content (AvgIpc) is 2.98. The van der Waals surface area contributed by atoms with Crippen LogP contribution in [0.2, 0.25) is 0 Å². The first kappa shape index (κ1) is 12.8. The van der Waals surface area contributed by atoms with Crippen molar-refractivity contribution in [1.29, 1.82) is 0 Å². The zero-order chi connectivity index (χ0) is 13.0. The molecule has 0 aliphatic rings. The van der Waals surface area contributed by atoms with Crippen molar-refractivity contribution in [3.63, 3.8) is 0 Å². The summed E-state index contributed by atoms with van der Waals surface area (Å²) in [5.41, 5.74) is 4.29. The van der Waals surface area contributed by atoms with Gasteiger partial charge in [-0.05, 0) is 19.9 Å². The standard InChI is InChI=1S/C12H16N4OS/c1-3-16-11(6-9(2)15-16)12(17)13-5-4-10-7-18-8-14-10/h6-8H,3-5H2,1-2H3,(H,13,17). The first-order valence-electron chi connectivity index (χ1n) is 5.90. The molecular weight excluding hydrogens is 248 g/mol. The normalized spacial score (nSPS) is 10.6. The molecule has 2 heterocycles. The lowest BCUT2D eigenvalue weighted by molar-refractivity contribution is 0.0943. The number of carbonyl (C=O) groups excluding carboxylic acids is 1. The van der Waals surface area contributed by atoms with Gasteiger partial charge in [0.2, 0.25) is 0 Å². The number of thiazole rings is 1. The number of aryl methyl sites for hydroxylation is 2. The summed E-state index contributed by atoms with van der Waals surface area (Å²) in [6.45, 7) is 5.15. The molecule has 18 heavy (non-hydrogen) atoms. The second-order valence-electron chi connectivity index (χ2n) is 3.97. The third-order valence-corrected chi connectivity index (χ3v) is 3.22. The van der Waals surface area contributed by atoms with E-state index in [0.29, 0.717) is 18.8 Å². The zero-order valence-corrected chi connectivity index (χ0v) is 11.3. The third kappa shape index (κ3) is 2.95. The smallest absolute Gasteiger partial charge is 0.269 e. The molecule has 0 fully saturated rings. The molecule has 0 aliphatic heterocycles. The van der Waals surface area contributed by atoms with Gasteiger partial charge in [0.1, 0.15) is 5.69 Å². The number of aromatic nitrogens is 3. The van der Waals surface area contributed by atoms with E-state index in [-0.39, 0.29) is 5.91 Å². The Hall–Kier alpha value is -1.69. The van der Waals surface area contributed by atoms with Gasteiger partial charge in [-0.25, -0.2) is 4.98 Å². The molecule has 0 saturated heterocycles. The van der Waals surface area contributed by atoms with Crippen molar-refractivity contribution < 1.29 is 4.79 Å². The quantitative estimate of drug-likeness (QED) is 0.893. The minimum atomic E-state index is -0.0762. The predicted octanol–water partition coefficient (Wildman–Crippen LogP) is 1.64. The summed E-state index contributed by atoms with van der Waals surface area (Å²) in [5.74, 6) is -0.0762. The Balaban J connectivity index is 1.91. The van der Waals surface area contributed by atoms with Gasteiger partial charge in [-0.1, -0.05) is 0 Å². The summed E-state index contributed by atoms with van der Waals surface area (Å²) in [7, 11) is 0. The molecule has 1 amide bonds. The molecule has 0 aromatic carbocycles. The maximum atomic E-state index is 12.0. The molecule has 0 unspecified atom stereocenters. The van der Waals surface area contributed by atoms with E-state index >= 15 is 0 Å². The van der Waals surface area contributed by atoms with Crippen LogP contribution in [0, 0.1) is 6.92 Å². The second kappa shape index (κ2) is 5.77. The Morgan fingerprint density at radius 1 is 1.56 bits per heavy atom. The highest BCUT2D eigenvalue weighted by Crippen LogP contribution is 2.04. The summed E-state index contributed by atoms with van der Waals surface area (Å²) in [6, 6.07) is 1.81. The lowest BCUT2D eigenvalue weighted by atomic mass is 10.3. The van der Waals surface area contributed by atoms with E-state index in [2.05, 4.69) is 15.4 Å². The molecule has 0 atom stereocenters. The Bertz CT molecular complexity index is 518. The van der Waals surface area contributed by atoms with Gasteiger partial charge in [-0.15, -0.1) is 11.3 Å². The molecule has 0 spiro atoms. The van der Waals surface area contributed by atoms with Crippen LogP contribution in [0.25, 0.3) is 0 Å². The molecule has 0 bridgehead atoms. The van der Waals surface area contributed by atoms with Crippen LogP contribution in [0.5, 0.6) is 0 Å². The monoisotopic (exact) mass is 264 g/mol. The van der Waals surface area contributed by atoms with Gasteiger partial charge in [0.15, 0.2) is 0 Å². The predicted molar refractivity (Wildman–Crippen MR) is 70.8 cm³/mol. The number of carbonyl (C=O) groups is 1. The number of nitrogens with one attached hydrogen (secondary N) is 1. The summed E-state index contributed by atoms with van der Waals surface area (Å²) in [5, 5.41) is 9.14. The van der Waals surface area contributed by atoms with E-state index < -0.39 is 0 Å². The van der Waals surface area contributed by atoms with Crippen LogP contribution in [0.4, 0.5) is 0 Å². The number of nitrogens with zero attached hydrogens (tertiary/aromatic N) is 3. The van der Waals surface area contributed by atoms with Crippen LogP contribution in [0.3, 0.4) is 0 Å². The summed E-state index contributed by atoms with van der Waals surface area (Å²) < 4.78 is 1.72. The van der Waals surface area contributed by atoms with E-state index in [0.717, 1.165) is 17.8 Å². The number of amides is 1. The minimum absolute atomic E-state index is 0.0762. The SMILES string of the molecule is CCn1nc(C)cc1C(=O)NCCc1cscn1. The van der Waals surface area contributed by atoms with Crippen LogP contribution >= 0.6 is 11.3 Å². The van der Waals surface area contributed by atoms with Crippen molar-refractivity contribution in [1.82, 2.24) is 20.1 Å². The van der Waals surface area contributed by atoms with Crippen molar-refractivity contribution in [2.24, 2.45) is 0 Å². The Morgan fingerprint density at radius 2 is 2.39 bits per heavy atom. The topological polar surface area (TPSA) is 59.8 Å². The molecule has 2 rings (SSSR count). The lowest BCUT2D eigenvalue weighted by Gasteiger charge is -2.05. The first-order valence-corrected chi connectivity index (χ1v) is 6.84. The number of hydrogen-bond acceptors (Lipinski definition) is 4. The van der Waals surface area contributed by atoms with Gasteiger partial charge in [-0.3, -0.25) is 9.48 Å². The summed E-state index contributed by atoms with van der Waals surface area (Å²) >= 11 is 1.57. The molecule has 0 aliphatic carbocycles. The highest BCUT2D eigenvalue weighted by atomic mass is 32.1. The molecule has 5 nitrogen and oxygen atoms in total. The fourth-order valence-electron chi connectivity index (χ4n) is 1.72. The van der Waals surface area contributed by atoms with E-state index in [1.165, 1.54) is 0 Å². The van der Waals surface area contributed by atoms with Crippen molar-refractivity contribution in [3.8, 4) is 0 Å². The Kier molecular flexibility index (Phi) is 4.09. The van der Waals surface area contributed by atoms with E-state index in [1.807, 2.05) is 25.3 Å². The molecule has 2 aromatic rings. The second-order valence-corrected chi connectivity index (χ2v) is 4.69. The summed E-state index contributed by atoms with van der Waals surface area (Å²) in [6.07, 6.45) is 0.758. The fraction of sp³-hybridized carbons (Fsp3) is 0.417. The average molecular weight is 264 g/mol. The first-order chi connectivity index (χ1) is 8.70. The van der Waals surface area contributed by atoms with E-state index in [1.54, 1.807) is 21.5 Å². The molecule has 0 saturated carbocycles. The third-order valence-electron chi connectivity index (χ3n) is 2.58. The molecule has 2 aromatic heterocycles. The Morgan fingerprint density at radius 3 is 3.06 bits per heavy atom. The zero-order valence-electron chi connectivity index (χ0n) is 10.5. The van der Waals surface area contributed by atoms with Crippen LogP contribution in [-0.2, 0) is 13.0 Å². The maximum absolute atomic E-state index is 12.0. The number of rotatable bonds is 5. The van der Waals surface area contributed by atoms with Crippen molar-refractivity contribution in [3.05, 3.63) is 34.0 Å². The van der Waals surface area contributed by atoms with Gasteiger partial charge in [0.25, 0.3) is 5.91 Å². The van der Waals surface area contributed by atoms with Crippen molar-refractivity contribution in [2.45, 2.75) is 26.8 Å². The van der Waals surface area contributed by atoms with Gasteiger partial charge in [0.05, 0.1) is 16.9 Å². The van der Waals surface area contributed by atoms with Gasteiger partial charge >= 0.3 is 0 Å². The highest BCUT2D eigenvalue weighted by molar-refractivity contribution is 7.07. The molecule has 0 radical (unpaired) electrons. The van der Waals surface area contributed by atoms with E-state index in [9.17, 15) is 4.79 Å².